The van der Waals surface area contributed by atoms with Crippen LogP contribution < -0.4 is 15.4 Å². The molecule has 0 radical (unpaired) electrons. The third kappa shape index (κ3) is 4.74. The number of hydrogen-bond donors (Lipinski definition) is 2. The SMILES string of the molecule is CCC(=O)Nc1ccccc1Nc1cc(Oc2cccc(Cl)c2)ccn1. The number of nitrogens with zero attached hydrogens (tertiary/aromatic N) is 1. The Labute approximate surface area is 157 Å². The monoisotopic (exact) mass is 367 g/mol. The molecule has 3 rings (SSSR count). The van der Waals surface area contributed by atoms with Crippen molar-refractivity contribution >= 4 is 34.7 Å². The van der Waals surface area contributed by atoms with Crippen molar-refractivity contribution in [2.75, 3.05) is 10.6 Å². The van der Waals surface area contributed by atoms with Gasteiger partial charge >= 0.3 is 0 Å². The summed E-state index contributed by atoms with van der Waals surface area (Å²) in [7, 11) is 0. The molecule has 1 heterocycles. The number of rotatable bonds is 6. The highest BCUT2D eigenvalue weighted by Crippen LogP contribution is 2.28. The van der Waals surface area contributed by atoms with Gasteiger partial charge < -0.3 is 15.4 Å². The summed E-state index contributed by atoms with van der Waals surface area (Å²) >= 11 is 5.98. The molecular weight excluding hydrogens is 350 g/mol. The van der Waals surface area contributed by atoms with Crippen molar-refractivity contribution in [3.63, 3.8) is 0 Å². The maximum Gasteiger partial charge on any atom is 0.224 e. The third-order valence-electron chi connectivity index (χ3n) is 3.55. The zero-order chi connectivity index (χ0) is 18.4. The summed E-state index contributed by atoms with van der Waals surface area (Å²) in [5.74, 6) is 1.82. The fourth-order valence-electron chi connectivity index (χ4n) is 2.29. The molecule has 0 aliphatic carbocycles. The molecule has 26 heavy (non-hydrogen) atoms. The second-order valence-corrected chi connectivity index (χ2v) is 5.94. The zero-order valence-corrected chi connectivity index (χ0v) is 15.0. The van der Waals surface area contributed by atoms with E-state index in [0.29, 0.717) is 34.4 Å². The lowest BCUT2D eigenvalue weighted by molar-refractivity contribution is -0.115. The van der Waals surface area contributed by atoms with Crippen LogP contribution in [0.2, 0.25) is 5.02 Å². The number of nitrogens with one attached hydrogen (secondary N) is 2. The number of hydrogen-bond acceptors (Lipinski definition) is 4. The highest BCUT2D eigenvalue weighted by atomic mass is 35.5. The van der Waals surface area contributed by atoms with E-state index in [9.17, 15) is 4.79 Å². The van der Waals surface area contributed by atoms with Crippen LogP contribution in [0.3, 0.4) is 0 Å². The van der Waals surface area contributed by atoms with Crippen molar-refractivity contribution in [1.29, 1.82) is 0 Å². The number of amides is 1. The molecular formula is C20H18ClN3O2. The highest BCUT2D eigenvalue weighted by molar-refractivity contribution is 6.30. The van der Waals surface area contributed by atoms with E-state index in [0.717, 1.165) is 5.69 Å². The number of para-hydroxylation sites is 2. The summed E-state index contributed by atoms with van der Waals surface area (Å²) in [5.41, 5.74) is 1.45. The van der Waals surface area contributed by atoms with Gasteiger partial charge in [-0.25, -0.2) is 4.98 Å². The second-order valence-electron chi connectivity index (χ2n) is 5.51. The fourth-order valence-corrected chi connectivity index (χ4v) is 2.47. The predicted molar refractivity (Wildman–Crippen MR) is 104 cm³/mol. The van der Waals surface area contributed by atoms with Crippen LogP contribution in [0.25, 0.3) is 0 Å². The molecule has 0 unspecified atom stereocenters. The van der Waals surface area contributed by atoms with Crippen molar-refractivity contribution in [1.82, 2.24) is 4.98 Å². The van der Waals surface area contributed by atoms with Gasteiger partial charge in [-0.05, 0) is 36.4 Å². The predicted octanol–water partition coefficient (Wildman–Crippen LogP) is 5.62. The Balaban J connectivity index is 1.78. The molecule has 0 fully saturated rings. The van der Waals surface area contributed by atoms with E-state index in [4.69, 9.17) is 16.3 Å². The van der Waals surface area contributed by atoms with Gasteiger partial charge in [0, 0.05) is 23.7 Å². The minimum atomic E-state index is -0.0507. The number of carbonyl (C=O) groups excluding carboxylic acids is 1. The van der Waals surface area contributed by atoms with Gasteiger partial charge in [0.2, 0.25) is 5.91 Å². The molecule has 0 atom stereocenters. The summed E-state index contributed by atoms with van der Waals surface area (Å²) in [6.07, 6.45) is 2.06. The third-order valence-corrected chi connectivity index (χ3v) is 3.78. The molecule has 2 N–H and O–H groups in total. The van der Waals surface area contributed by atoms with Gasteiger partial charge in [-0.2, -0.15) is 0 Å². The summed E-state index contributed by atoms with van der Waals surface area (Å²) in [5, 5.41) is 6.68. The Morgan fingerprint density at radius 1 is 1.04 bits per heavy atom. The molecule has 1 aromatic heterocycles. The summed E-state index contributed by atoms with van der Waals surface area (Å²) in [6, 6.07) is 18.2. The molecule has 6 heteroatoms. The highest BCUT2D eigenvalue weighted by Gasteiger charge is 2.07. The molecule has 5 nitrogen and oxygen atoms in total. The number of benzene rings is 2. The molecule has 0 saturated heterocycles. The lowest BCUT2D eigenvalue weighted by Crippen LogP contribution is -2.11. The molecule has 1 amide bonds. The zero-order valence-electron chi connectivity index (χ0n) is 14.2. The van der Waals surface area contributed by atoms with Gasteiger partial charge in [-0.15, -0.1) is 0 Å². The van der Waals surface area contributed by atoms with Crippen molar-refractivity contribution in [3.8, 4) is 11.5 Å². The molecule has 0 aliphatic heterocycles. The van der Waals surface area contributed by atoms with E-state index in [1.165, 1.54) is 0 Å². The Morgan fingerprint density at radius 3 is 2.58 bits per heavy atom. The first kappa shape index (κ1) is 17.8. The summed E-state index contributed by atoms with van der Waals surface area (Å²) in [4.78, 5) is 16.0. The van der Waals surface area contributed by atoms with Gasteiger partial charge in [-0.3, -0.25) is 4.79 Å². The molecule has 0 bridgehead atoms. The number of ether oxygens (including phenoxy) is 1. The van der Waals surface area contributed by atoms with E-state index >= 15 is 0 Å². The maximum absolute atomic E-state index is 11.7. The Kier molecular flexibility index (Phi) is 5.71. The van der Waals surface area contributed by atoms with Crippen LogP contribution >= 0.6 is 11.6 Å². The van der Waals surface area contributed by atoms with E-state index in [1.54, 1.807) is 30.5 Å². The standard InChI is InChI=1S/C20H18ClN3O2/c1-2-20(25)24-18-9-4-3-8-17(18)23-19-13-16(10-11-22-19)26-15-7-5-6-14(21)12-15/h3-13H,2H2,1H3,(H,22,23)(H,24,25). The second kappa shape index (κ2) is 8.36. The Hall–Kier alpha value is -3.05. The van der Waals surface area contributed by atoms with Gasteiger partial charge in [0.05, 0.1) is 11.4 Å². The van der Waals surface area contributed by atoms with Crippen LogP contribution in [0.15, 0.2) is 66.9 Å². The maximum atomic E-state index is 11.7. The van der Waals surface area contributed by atoms with Crippen molar-refractivity contribution in [3.05, 3.63) is 71.9 Å². The Bertz CT molecular complexity index is 915. The lowest BCUT2D eigenvalue weighted by Gasteiger charge is -2.13. The molecule has 3 aromatic rings. The fraction of sp³-hybridized carbons (Fsp3) is 0.100. The first-order valence-corrected chi connectivity index (χ1v) is 8.57. The van der Waals surface area contributed by atoms with Crippen LogP contribution in [0.4, 0.5) is 17.2 Å². The normalized spacial score (nSPS) is 10.2. The van der Waals surface area contributed by atoms with E-state index in [1.807, 2.05) is 43.3 Å². The number of pyridine rings is 1. The van der Waals surface area contributed by atoms with E-state index in [2.05, 4.69) is 15.6 Å². The first-order chi connectivity index (χ1) is 12.6. The first-order valence-electron chi connectivity index (χ1n) is 8.19. The average Bonchev–Trinajstić information content (AvgIpc) is 2.63. The molecule has 132 valence electrons. The summed E-state index contributed by atoms with van der Waals surface area (Å²) < 4.78 is 5.82. The van der Waals surface area contributed by atoms with Crippen molar-refractivity contribution < 1.29 is 9.53 Å². The smallest absolute Gasteiger partial charge is 0.224 e. The van der Waals surface area contributed by atoms with Crippen LogP contribution in [0, 0.1) is 0 Å². The van der Waals surface area contributed by atoms with Crippen LogP contribution in [-0.2, 0) is 4.79 Å². The van der Waals surface area contributed by atoms with E-state index < -0.39 is 0 Å². The van der Waals surface area contributed by atoms with Crippen LogP contribution in [0.1, 0.15) is 13.3 Å². The molecule has 0 saturated carbocycles. The Morgan fingerprint density at radius 2 is 1.81 bits per heavy atom. The largest absolute Gasteiger partial charge is 0.457 e. The van der Waals surface area contributed by atoms with Gasteiger partial charge in [-0.1, -0.05) is 36.7 Å². The molecule has 0 aliphatic rings. The van der Waals surface area contributed by atoms with Crippen molar-refractivity contribution in [2.24, 2.45) is 0 Å². The molecule has 2 aromatic carbocycles. The average molecular weight is 368 g/mol. The minimum Gasteiger partial charge on any atom is -0.457 e. The van der Waals surface area contributed by atoms with Gasteiger partial charge in [0.1, 0.15) is 17.3 Å². The number of halogens is 1. The van der Waals surface area contributed by atoms with Crippen LogP contribution in [-0.4, -0.2) is 10.9 Å². The van der Waals surface area contributed by atoms with Crippen LogP contribution in [0.5, 0.6) is 11.5 Å². The van der Waals surface area contributed by atoms with Crippen molar-refractivity contribution in [2.45, 2.75) is 13.3 Å². The quantitative estimate of drug-likeness (QED) is 0.593. The number of anilines is 3. The molecule has 0 spiro atoms. The lowest BCUT2D eigenvalue weighted by atomic mass is 10.2. The number of carbonyl (C=O) groups is 1. The minimum absolute atomic E-state index is 0.0507. The van der Waals surface area contributed by atoms with Gasteiger partial charge in [0.25, 0.3) is 0 Å². The van der Waals surface area contributed by atoms with E-state index in [-0.39, 0.29) is 5.91 Å². The van der Waals surface area contributed by atoms with Gasteiger partial charge in [0.15, 0.2) is 0 Å². The summed E-state index contributed by atoms with van der Waals surface area (Å²) in [6.45, 7) is 1.81. The topological polar surface area (TPSA) is 63.2 Å². The number of aromatic nitrogens is 1.